The van der Waals surface area contributed by atoms with Crippen LogP contribution in [0.1, 0.15) is 29.6 Å². The van der Waals surface area contributed by atoms with Crippen molar-refractivity contribution in [2.75, 3.05) is 7.11 Å². The summed E-state index contributed by atoms with van der Waals surface area (Å²) in [6.07, 6.45) is 0.793. The fourth-order valence-corrected chi connectivity index (χ4v) is 3.00. The summed E-state index contributed by atoms with van der Waals surface area (Å²) in [5, 5.41) is 3.94. The summed E-state index contributed by atoms with van der Waals surface area (Å²) in [5.74, 6) is 1.28. The molecule has 2 aromatic rings. The molecule has 1 heterocycles. The van der Waals surface area contributed by atoms with E-state index in [1.54, 1.807) is 7.11 Å². The van der Waals surface area contributed by atoms with Gasteiger partial charge in [-0.1, -0.05) is 41.9 Å². The number of halogens is 1. The molecule has 5 heteroatoms. The maximum atomic E-state index is 6.09. The highest BCUT2D eigenvalue weighted by atomic mass is 35.5. The molecule has 0 saturated heterocycles. The third-order valence-electron chi connectivity index (χ3n) is 3.82. The van der Waals surface area contributed by atoms with Crippen molar-refractivity contribution < 1.29 is 4.74 Å². The van der Waals surface area contributed by atoms with Gasteiger partial charge in [-0.3, -0.25) is 0 Å². The maximum absolute atomic E-state index is 6.09. The Morgan fingerprint density at radius 2 is 2.05 bits per heavy atom. The molecule has 2 aromatic carbocycles. The standard InChI is InChI=1S/C17H18ClN3O/c1-22-16-8-3-2-7-13(16)15-10-14(20-17(19)21-15)11-5-4-6-12(18)9-11/h2-9,14-15H,10H2,1H3,(H3,19,20,21). The van der Waals surface area contributed by atoms with E-state index >= 15 is 0 Å². The lowest BCUT2D eigenvalue weighted by molar-refractivity contribution is 0.394. The van der Waals surface area contributed by atoms with Gasteiger partial charge in [0.2, 0.25) is 0 Å². The van der Waals surface area contributed by atoms with Gasteiger partial charge >= 0.3 is 0 Å². The predicted octanol–water partition coefficient (Wildman–Crippen LogP) is 3.44. The Labute approximate surface area is 135 Å². The molecule has 3 rings (SSSR count). The fraction of sp³-hybridized carbons (Fsp3) is 0.235. The van der Waals surface area contributed by atoms with Gasteiger partial charge in [-0.15, -0.1) is 0 Å². The zero-order valence-electron chi connectivity index (χ0n) is 12.3. The van der Waals surface area contributed by atoms with E-state index in [-0.39, 0.29) is 12.1 Å². The van der Waals surface area contributed by atoms with E-state index in [1.807, 2.05) is 48.5 Å². The lowest BCUT2D eigenvalue weighted by Gasteiger charge is -2.29. The zero-order chi connectivity index (χ0) is 15.5. The minimum absolute atomic E-state index is 0.0186. The first-order chi connectivity index (χ1) is 10.7. The number of methoxy groups -OCH3 is 1. The molecule has 0 radical (unpaired) electrons. The van der Waals surface area contributed by atoms with Gasteiger partial charge in [0.25, 0.3) is 0 Å². The van der Waals surface area contributed by atoms with Gasteiger partial charge in [-0.05, 0) is 30.2 Å². The van der Waals surface area contributed by atoms with Gasteiger partial charge in [0.1, 0.15) is 5.75 Å². The molecule has 114 valence electrons. The van der Waals surface area contributed by atoms with Crippen LogP contribution in [0, 0.1) is 0 Å². The van der Waals surface area contributed by atoms with E-state index in [9.17, 15) is 0 Å². The quantitative estimate of drug-likeness (QED) is 0.912. The van der Waals surface area contributed by atoms with Gasteiger partial charge in [-0.2, -0.15) is 0 Å². The second-order valence-electron chi connectivity index (χ2n) is 5.26. The number of nitrogens with zero attached hydrogens (tertiary/aromatic N) is 1. The number of para-hydroxylation sites is 1. The van der Waals surface area contributed by atoms with Crippen molar-refractivity contribution in [3.8, 4) is 5.75 Å². The molecule has 0 bridgehead atoms. The number of hydrogen-bond donors (Lipinski definition) is 2. The van der Waals surface area contributed by atoms with E-state index in [2.05, 4.69) is 10.3 Å². The highest BCUT2D eigenvalue weighted by Gasteiger charge is 2.26. The van der Waals surface area contributed by atoms with Gasteiger partial charge in [0, 0.05) is 10.6 Å². The van der Waals surface area contributed by atoms with E-state index in [4.69, 9.17) is 22.1 Å². The summed E-state index contributed by atoms with van der Waals surface area (Å²) in [5.41, 5.74) is 8.13. The molecule has 2 unspecified atom stereocenters. The molecule has 0 spiro atoms. The van der Waals surface area contributed by atoms with Gasteiger partial charge in [-0.25, -0.2) is 4.99 Å². The average Bonchev–Trinajstić information content (AvgIpc) is 2.54. The SMILES string of the molecule is COc1ccccc1C1CC(c2cccc(Cl)c2)N=C(N)N1. The molecule has 0 saturated carbocycles. The van der Waals surface area contributed by atoms with Crippen LogP contribution in [0.5, 0.6) is 5.75 Å². The van der Waals surface area contributed by atoms with Crippen LogP contribution >= 0.6 is 11.6 Å². The Balaban J connectivity index is 1.92. The van der Waals surface area contributed by atoms with Crippen LogP contribution in [0.4, 0.5) is 0 Å². The summed E-state index contributed by atoms with van der Waals surface area (Å²) < 4.78 is 5.45. The topological polar surface area (TPSA) is 59.6 Å². The Bertz CT molecular complexity index is 702. The van der Waals surface area contributed by atoms with Gasteiger partial charge in [0.15, 0.2) is 5.96 Å². The van der Waals surface area contributed by atoms with Crippen LogP contribution in [0.3, 0.4) is 0 Å². The third-order valence-corrected chi connectivity index (χ3v) is 4.06. The minimum atomic E-state index is -0.0186. The first-order valence-corrected chi connectivity index (χ1v) is 7.53. The molecule has 1 aliphatic rings. The summed E-state index contributed by atoms with van der Waals surface area (Å²) in [6, 6.07) is 15.7. The summed E-state index contributed by atoms with van der Waals surface area (Å²) >= 11 is 6.09. The van der Waals surface area contributed by atoms with E-state index in [1.165, 1.54) is 0 Å². The maximum Gasteiger partial charge on any atom is 0.189 e. The Morgan fingerprint density at radius 3 is 2.82 bits per heavy atom. The highest BCUT2D eigenvalue weighted by Crippen LogP contribution is 2.36. The zero-order valence-corrected chi connectivity index (χ0v) is 13.0. The normalized spacial score (nSPS) is 20.9. The van der Waals surface area contributed by atoms with Crippen molar-refractivity contribution in [2.24, 2.45) is 10.7 Å². The monoisotopic (exact) mass is 315 g/mol. The lowest BCUT2D eigenvalue weighted by atomic mass is 9.93. The number of ether oxygens (including phenoxy) is 1. The van der Waals surface area contributed by atoms with Crippen molar-refractivity contribution in [1.29, 1.82) is 0 Å². The average molecular weight is 316 g/mol. The summed E-state index contributed by atoms with van der Waals surface area (Å²) in [7, 11) is 1.67. The molecular formula is C17H18ClN3O. The van der Waals surface area contributed by atoms with Crippen LogP contribution in [0.2, 0.25) is 5.02 Å². The third kappa shape index (κ3) is 3.02. The summed E-state index contributed by atoms with van der Waals surface area (Å²) in [4.78, 5) is 4.51. The summed E-state index contributed by atoms with van der Waals surface area (Å²) in [6.45, 7) is 0. The fourth-order valence-electron chi connectivity index (χ4n) is 2.80. The number of aliphatic imine (C=N–C) groups is 1. The van der Waals surface area contributed by atoms with Gasteiger partial charge < -0.3 is 15.8 Å². The number of hydrogen-bond acceptors (Lipinski definition) is 4. The van der Waals surface area contributed by atoms with Crippen molar-refractivity contribution in [3.05, 3.63) is 64.7 Å². The van der Waals surface area contributed by atoms with E-state index in [0.717, 1.165) is 23.3 Å². The highest BCUT2D eigenvalue weighted by molar-refractivity contribution is 6.30. The molecule has 0 fully saturated rings. The minimum Gasteiger partial charge on any atom is -0.496 e. The predicted molar refractivity (Wildman–Crippen MR) is 89.3 cm³/mol. The van der Waals surface area contributed by atoms with Crippen LogP contribution in [0.15, 0.2) is 53.5 Å². The molecule has 3 N–H and O–H groups in total. The van der Waals surface area contributed by atoms with Crippen molar-refractivity contribution in [1.82, 2.24) is 5.32 Å². The number of rotatable bonds is 3. The molecule has 4 nitrogen and oxygen atoms in total. The number of guanidine groups is 1. The van der Waals surface area contributed by atoms with E-state index < -0.39 is 0 Å². The molecule has 0 aromatic heterocycles. The second kappa shape index (κ2) is 6.28. The van der Waals surface area contributed by atoms with Crippen LogP contribution in [0.25, 0.3) is 0 Å². The smallest absolute Gasteiger partial charge is 0.189 e. The van der Waals surface area contributed by atoms with Crippen molar-refractivity contribution >= 4 is 17.6 Å². The lowest BCUT2D eigenvalue weighted by Crippen LogP contribution is -2.39. The van der Waals surface area contributed by atoms with Crippen molar-refractivity contribution in [2.45, 2.75) is 18.5 Å². The largest absolute Gasteiger partial charge is 0.496 e. The molecule has 1 aliphatic heterocycles. The first-order valence-electron chi connectivity index (χ1n) is 7.15. The first kappa shape index (κ1) is 14.7. The van der Waals surface area contributed by atoms with Crippen LogP contribution in [-0.2, 0) is 0 Å². The van der Waals surface area contributed by atoms with Crippen LogP contribution < -0.4 is 15.8 Å². The van der Waals surface area contributed by atoms with E-state index in [0.29, 0.717) is 11.0 Å². The number of nitrogens with one attached hydrogen (secondary N) is 1. The van der Waals surface area contributed by atoms with Gasteiger partial charge in [0.05, 0.1) is 19.2 Å². The Morgan fingerprint density at radius 1 is 1.23 bits per heavy atom. The number of nitrogens with two attached hydrogens (primary N) is 1. The second-order valence-corrected chi connectivity index (χ2v) is 5.70. The molecular weight excluding hydrogens is 298 g/mol. The Kier molecular flexibility index (Phi) is 4.20. The molecule has 22 heavy (non-hydrogen) atoms. The molecule has 0 amide bonds. The molecule has 2 atom stereocenters. The van der Waals surface area contributed by atoms with Crippen molar-refractivity contribution in [3.63, 3.8) is 0 Å². The number of benzene rings is 2. The molecule has 0 aliphatic carbocycles. The Hall–Kier alpha value is -2.20. The van der Waals surface area contributed by atoms with Crippen LogP contribution in [-0.4, -0.2) is 13.1 Å².